The first kappa shape index (κ1) is 22.2. The van der Waals surface area contributed by atoms with E-state index < -0.39 is 23.5 Å². The Morgan fingerprint density at radius 1 is 1.18 bits per heavy atom. The molecule has 2 heterocycles. The third-order valence-electron chi connectivity index (χ3n) is 4.99. The Hall–Kier alpha value is -4.04. The molecule has 166 valence electrons. The van der Waals surface area contributed by atoms with Crippen LogP contribution >= 0.6 is 11.3 Å². The zero-order valence-corrected chi connectivity index (χ0v) is 18.7. The Balaban J connectivity index is 1.74. The van der Waals surface area contributed by atoms with Crippen LogP contribution in [0.5, 0.6) is 5.75 Å². The minimum absolute atomic E-state index is 0.0141. The topological polar surface area (TPSA) is 92.6 Å². The van der Waals surface area contributed by atoms with Crippen molar-refractivity contribution in [2.45, 2.75) is 13.0 Å². The van der Waals surface area contributed by atoms with Crippen molar-refractivity contribution in [3.63, 3.8) is 0 Å². The number of ether oxygens (including phenoxy) is 1. The number of anilines is 1. The van der Waals surface area contributed by atoms with E-state index in [-0.39, 0.29) is 5.57 Å². The first-order valence-electron chi connectivity index (χ1n) is 10.2. The van der Waals surface area contributed by atoms with E-state index in [0.717, 1.165) is 5.56 Å². The maximum absolute atomic E-state index is 13.2. The zero-order valence-electron chi connectivity index (χ0n) is 17.8. The van der Waals surface area contributed by atoms with Gasteiger partial charge in [0.25, 0.3) is 5.91 Å². The van der Waals surface area contributed by atoms with E-state index in [1.54, 1.807) is 43.3 Å². The summed E-state index contributed by atoms with van der Waals surface area (Å²) in [5.41, 5.74) is 1.44. The van der Waals surface area contributed by atoms with Crippen molar-refractivity contribution in [1.29, 1.82) is 0 Å². The van der Waals surface area contributed by atoms with Crippen LogP contribution in [0.2, 0.25) is 0 Å². The SMILES string of the molecule is C=CCOc1ccc(C2C(C(=O)/C=C/c3ccccc3)=C(O)C(=O)N2c2nnc(C)s2)cc1. The second kappa shape index (κ2) is 9.62. The lowest BCUT2D eigenvalue weighted by molar-refractivity contribution is -0.117. The van der Waals surface area contributed by atoms with Crippen molar-refractivity contribution >= 4 is 34.2 Å². The molecule has 7 nitrogen and oxygen atoms in total. The highest BCUT2D eigenvalue weighted by Crippen LogP contribution is 2.42. The summed E-state index contributed by atoms with van der Waals surface area (Å²) in [4.78, 5) is 27.5. The van der Waals surface area contributed by atoms with Gasteiger partial charge in [-0.05, 0) is 36.3 Å². The van der Waals surface area contributed by atoms with Gasteiger partial charge in [-0.3, -0.25) is 14.5 Å². The van der Waals surface area contributed by atoms with Gasteiger partial charge in [0, 0.05) is 0 Å². The standard InChI is InChI=1S/C25H21N3O4S/c1-3-15-32-19-12-10-18(11-13-19)22-21(20(29)14-9-17-7-5-4-6-8-17)23(30)24(31)28(22)25-27-26-16(2)33-25/h3-14,22,30H,1,15H2,2H3/b14-9+. The van der Waals surface area contributed by atoms with E-state index in [0.29, 0.717) is 28.1 Å². The number of aryl methyl sites for hydroxylation is 1. The first-order chi connectivity index (χ1) is 16.0. The quantitative estimate of drug-likeness (QED) is 0.391. The molecule has 0 spiro atoms. The van der Waals surface area contributed by atoms with Crippen molar-refractivity contribution in [2.24, 2.45) is 0 Å². The number of aromatic nitrogens is 2. The molecule has 2 aromatic carbocycles. The molecule has 3 aromatic rings. The molecule has 0 saturated heterocycles. The fourth-order valence-electron chi connectivity index (χ4n) is 3.48. The van der Waals surface area contributed by atoms with Crippen LogP contribution in [0.25, 0.3) is 6.08 Å². The minimum Gasteiger partial charge on any atom is -0.503 e. The molecule has 1 aliphatic rings. The average molecular weight is 460 g/mol. The largest absolute Gasteiger partial charge is 0.503 e. The van der Waals surface area contributed by atoms with Crippen LogP contribution in [0.4, 0.5) is 5.13 Å². The van der Waals surface area contributed by atoms with Crippen LogP contribution in [0.1, 0.15) is 22.2 Å². The summed E-state index contributed by atoms with van der Waals surface area (Å²) in [5.74, 6) is -1.14. The monoisotopic (exact) mass is 459 g/mol. The van der Waals surface area contributed by atoms with Gasteiger partial charge < -0.3 is 9.84 Å². The summed E-state index contributed by atoms with van der Waals surface area (Å²) in [6.07, 6.45) is 4.64. The molecule has 0 bridgehead atoms. The Labute approximate surface area is 195 Å². The zero-order chi connectivity index (χ0) is 23.4. The van der Waals surface area contributed by atoms with E-state index in [1.807, 2.05) is 30.3 Å². The fraction of sp³-hybridized carbons (Fsp3) is 0.120. The highest BCUT2D eigenvalue weighted by Gasteiger charge is 2.45. The van der Waals surface area contributed by atoms with Crippen LogP contribution < -0.4 is 9.64 Å². The highest BCUT2D eigenvalue weighted by atomic mass is 32.1. The summed E-state index contributed by atoms with van der Waals surface area (Å²) in [5, 5.41) is 19.7. The van der Waals surface area contributed by atoms with Gasteiger partial charge in [0.2, 0.25) is 5.13 Å². The summed E-state index contributed by atoms with van der Waals surface area (Å²) >= 11 is 1.21. The lowest BCUT2D eigenvalue weighted by atomic mass is 9.95. The molecular weight excluding hydrogens is 438 g/mol. The summed E-state index contributed by atoms with van der Waals surface area (Å²) in [6, 6.07) is 15.4. The number of carbonyl (C=O) groups excluding carboxylic acids is 2. The number of ketones is 1. The predicted molar refractivity (Wildman–Crippen MR) is 127 cm³/mol. The van der Waals surface area contributed by atoms with Crippen LogP contribution in [0, 0.1) is 6.92 Å². The van der Waals surface area contributed by atoms with E-state index in [9.17, 15) is 14.7 Å². The number of carbonyl (C=O) groups is 2. The number of allylic oxidation sites excluding steroid dienone is 1. The number of nitrogens with zero attached hydrogens (tertiary/aromatic N) is 3. The van der Waals surface area contributed by atoms with Gasteiger partial charge in [0.15, 0.2) is 11.5 Å². The van der Waals surface area contributed by atoms with Crippen molar-refractivity contribution in [3.05, 3.63) is 101 Å². The second-order valence-electron chi connectivity index (χ2n) is 7.22. The number of benzene rings is 2. The number of aliphatic hydroxyl groups is 1. The lowest BCUT2D eigenvalue weighted by Gasteiger charge is -2.24. The molecule has 0 radical (unpaired) electrons. The number of aliphatic hydroxyl groups excluding tert-OH is 1. The van der Waals surface area contributed by atoms with Gasteiger partial charge in [-0.15, -0.1) is 10.2 Å². The number of amides is 1. The van der Waals surface area contributed by atoms with Gasteiger partial charge in [-0.25, -0.2) is 0 Å². The smallest absolute Gasteiger partial charge is 0.296 e. The van der Waals surface area contributed by atoms with E-state index in [4.69, 9.17) is 4.74 Å². The molecule has 33 heavy (non-hydrogen) atoms. The minimum atomic E-state index is -0.855. The highest BCUT2D eigenvalue weighted by molar-refractivity contribution is 7.15. The summed E-state index contributed by atoms with van der Waals surface area (Å²) < 4.78 is 5.53. The normalized spacial score (nSPS) is 16.0. The molecule has 0 aliphatic carbocycles. The molecule has 1 atom stereocenters. The van der Waals surface area contributed by atoms with Gasteiger partial charge in [0.1, 0.15) is 17.4 Å². The Morgan fingerprint density at radius 2 is 1.91 bits per heavy atom. The first-order valence-corrected chi connectivity index (χ1v) is 11.0. The van der Waals surface area contributed by atoms with Crippen LogP contribution in [0.15, 0.2) is 84.7 Å². The molecular formula is C25H21N3O4S. The number of rotatable bonds is 8. The predicted octanol–water partition coefficient (Wildman–Crippen LogP) is 4.59. The maximum Gasteiger partial charge on any atom is 0.296 e. The molecule has 1 N–H and O–H groups in total. The molecule has 1 unspecified atom stereocenters. The molecule has 4 rings (SSSR count). The molecule has 8 heteroatoms. The second-order valence-corrected chi connectivity index (χ2v) is 8.38. The molecule has 0 saturated carbocycles. The number of hydrogen-bond donors (Lipinski definition) is 1. The lowest BCUT2D eigenvalue weighted by Crippen LogP contribution is -2.30. The molecule has 1 aliphatic heterocycles. The van der Waals surface area contributed by atoms with Gasteiger partial charge in [0.05, 0.1) is 11.6 Å². The van der Waals surface area contributed by atoms with E-state index in [1.165, 1.54) is 22.3 Å². The van der Waals surface area contributed by atoms with Gasteiger partial charge >= 0.3 is 0 Å². The van der Waals surface area contributed by atoms with Crippen molar-refractivity contribution in [2.75, 3.05) is 11.5 Å². The maximum atomic E-state index is 13.2. The summed E-state index contributed by atoms with van der Waals surface area (Å²) in [6.45, 7) is 5.75. The molecule has 1 amide bonds. The fourth-order valence-corrected chi connectivity index (χ4v) is 4.19. The van der Waals surface area contributed by atoms with Gasteiger partial charge in [-0.1, -0.05) is 72.5 Å². The van der Waals surface area contributed by atoms with Gasteiger partial charge in [-0.2, -0.15) is 0 Å². The Morgan fingerprint density at radius 3 is 2.55 bits per heavy atom. The average Bonchev–Trinajstić information content (AvgIpc) is 3.37. The molecule has 0 fully saturated rings. The third kappa shape index (κ3) is 4.61. The third-order valence-corrected chi connectivity index (χ3v) is 5.82. The van der Waals surface area contributed by atoms with Crippen LogP contribution in [0.3, 0.4) is 0 Å². The van der Waals surface area contributed by atoms with E-state index >= 15 is 0 Å². The Bertz CT molecular complexity index is 1250. The van der Waals surface area contributed by atoms with Crippen LogP contribution in [-0.4, -0.2) is 33.6 Å². The van der Waals surface area contributed by atoms with Crippen LogP contribution in [-0.2, 0) is 9.59 Å². The van der Waals surface area contributed by atoms with Crippen molar-refractivity contribution < 1.29 is 19.4 Å². The number of hydrogen-bond acceptors (Lipinski definition) is 7. The Kier molecular flexibility index (Phi) is 6.46. The van der Waals surface area contributed by atoms with Crippen molar-refractivity contribution in [3.8, 4) is 5.75 Å². The summed E-state index contributed by atoms with van der Waals surface area (Å²) in [7, 11) is 0. The van der Waals surface area contributed by atoms with E-state index in [2.05, 4.69) is 16.8 Å². The molecule has 1 aromatic heterocycles. The van der Waals surface area contributed by atoms with Crippen molar-refractivity contribution in [1.82, 2.24) is 10.2 Å².